The number of ether oxygens (including phenoxy) is 4. The summed E-state index contributed by atoms with van der Waals surface area (Å²) in [6.45, 7) is 0. The summed E-state index contributed by atoms with van der Waals surface area (Å²) in [5.41, 5.74) is -0.802. The van der Waals surface area contributed by atoms with Crippen molar-refractivity contribution in [3.63, 3.8) is 0 Å². The molecule has 0 aromatic heterocycles. The van der Waals surface area contributed by atoms with Crippen molar-refractivity contribution < 1.29 is 24.1 Å². The molecule has 2 rings (SSSR count). The Kier molecular flexibility index (Phi) is 5.22. The van der Waals surface area contributed by atoms with Crippen molar-refractivity contribution in [2.75, 3.05) is 28.4 Å². The van der Waals surface area contributed by atoms with Gasteiger partial charge in [0.05, 0.1) is 28.4 Å². The molecule has 0 amide bonds. The summed E-state index contributed by atoms with van der Waals surface area (Å²) in [7, 11) is 6.11. The first-order chi connectivity index (χ1) is 11.5. The number of rotatable bonds is 6. The number of terminal acetylenes is 1. The predicted octanol–water partition coefficient (Wildman–Crippen LogP) is 2.59. The second-order valence-corrected chi connectivity index (χ2v) is 4.99. The molecule has 0 spiro atoms. The lowest BCUT2D eigenvalue weighted by Gasteiger charge is -2.26. The van der Waals surface area contributed by atoms with Gasteiger partial charge in [0.2, 0.25) is 0 Å². The zero-order chi connectivity index (χ0) is 17.7. The van der Waals surface area contributed by atoms with Crippen LogP contribution >= 0.6 is 0 Å². The standard InChI is InChI=1S/C19H20O5/c1-6-19(20,13-7-10-16(22-3)18(11-13)24-5)15-9-8-14(21-2)12-17(15)23-4/h1,7-12,20H,2-5H3/t19-/m0/s1. The minimum Gasteiger partial charge on any atom is -0.497 e. The van der Waals surface area contributed by atoms with E-state index in [0.29, 0.717) is 34.1 Å². The van der Waals surface area contributed by atoms with Crippen molar-refractivity contribution in [1.82, 2.24) is 0 Å². The molecule has 0 radical (unpaired) electrons. The van der Waals surface area contributed by atoms with Gasteiger partial charge in [-0.05, 0) is 24.3 Å². The van der Waals surface area contributed by atoms with Crippen LogP contribution < -0.4 is 18.9 Å². The Balaban J connectivity index is 2.63. The maximum absolute atomic E-state index is 11.2. The van der Waals surface area contributed by atoms with E-state index in [9.17, 15) is 5.11 Å². The van der Waals surface area contributed by atoms with Gasteiger partial charge in [0, 0.05) is 17.2 Å². The average Bonchev–Trinajstić information content (AvgIpc) is 2.66. The molecular weight excluding hydrogens is 308 g/mol. The maximum atomic E-state index is 11.2. The van der Waals surface area contributed by atoms with Crippen LogP contribution in [0.3, 0.4) is 0 Å². The van der Waals surface area contributed by atoms with Crippen LogP contribution in [-0.4, -0.2) is 33.5 Å². The van der Waals surface area contributed by atoms with Crippen molar-refractivity contribution in [1.29, 1.82) is 0 Å². The molecule has 5 heteroatoms. The molecule has 0 aliphatic rings. The van der Waals surface area contributed by atoms with Gasteiger partial charge in [0.15, 0.2) is 17.1 Å². The number of hydrogen-bond donors (Lipinski definition) is 1. The third-order valence-corrected chi connectivity index (χ3v) is 3.81. The molecule has 1 atom stereocenters. The largest absolute Gasteiger partial charge is 0.497 e. The van der Waals surface area contributed by atoms with Gasteiger partial charge in [-0.25, -0.2) is 0 Å². The molecule has 1 N–H and O–H groups in total. The minimum atomic E-state index is -1.70. The lowest BCUT2D eigenvalue weighted by Crippen LogP contribution is -2.26. The molecule has 0 saturated carbocycles. The van der Waals surface area contributed by atoms with Crippen molar-refractivity contribution in [3.05, 3.63) is 47.5 Å². The molecule has 0 heterocycles. The summed E-state index contributed by atoms with van der Waals surface area (Å²) in [4.78, 5) is 0. The summed E-state index contributed by atoms with van der Waals surface area (Å²) >= 11 is 0. The summed E-state index contributed by atoms with van der Waals surface area (Å²) in [5.74, 6) is 4.48. The lowest BCUT2D eigenvalue weighted by atomic mass is 9.86. The highest BCUT2D eigenvalue weighted by Crippen LogP contribution is 2.40. The molecule has 0 bridgehead atoms. The summed E-state index contributed by atoms with van der Waals surface area (Å²) < 4.78 is 21.1. The molecule has 24 heavy (non-hydrogen) atoms. The number of hydrogen-bond acceptors (Lipinski definition) is 5. The van der Waals surface area contributed by atoms with Crippen molar-refractivity contribution in [3.8, 4) is 35.3 Å². The Bertz CT molecular complexity index is 763. The zero-order valence-corrected chi connectivity index (χ0v) is 14.1. The Hall–Kier alpha value is -2.84. The van der Waals surface area contributed by atoms with E-state index in [-0.39, 0.29) is 0 Å². The summed E-state index contributed by atoms with van der Waals surface area (Å²) in [5, 5.41) is 11.2. The quantitative estimate of drug-likeness (QED) is 0.826. The fourth-order valence-corrected chi connectivity index (χ4v) is 2.48. The fourth-order valence-electron chi connectivity index (χ4n) is 2.48. The Morgan fingerprint density at radius 3 is 2.04 bits per heavy atom. The van der Waals surface area contributed by atoms with Crippen LogP contribution in [0.5, 0.6) is 23.0 Å². The van der Waals surface area contributed by atoms with Gasteiger partial charge < -0.3 is 24.1 Å². The van der Waals surface area contributed by atoms with Gasteiger partial charge in [-0.2, -0.15) is 0 Å². The topological polar surface area (TPSA) is 57.2 Å². The van der Waals surface area contributed by atoms with Crippen LogP contribution in [-0.2, 0) is 5.60 Å². The van der Waals surface area contributed by atoms with Crippen LogP contribution in [0.2, 0.25) is 0 Å². The molecule has 0 aliphatic heterocycles. The van der Waals surface area contributed by atoms with Gasteiger partial charge in [0.25, 0.3) is 0 Å². The highest BCUT2D eigenvalue weighted by atomic mass is 16.5. The fraction of sp³-hybridized carbons (Fsp3) is 0.263. The van der Waals surface area contributed by atoms with Gasteiger partial charge >= 0.3 is 0 Å². The van der Waals surface area contributed by atoms with E-state index < -0.39 is 5.60 Å². The van der Waals surface area contributed by atoms with E-state index in [1.54, 1.807) is 43.5 Å². The van der Waals surface area contributed by atoms with Gasteiger partial charge in [-0.1, -0.05) is 12.0 Å². The SMILES string of the molecule is C#C[C@](O)(c1ccc(OC)c(OC)c1)c1ccc(OC)cc1OC. The first-order valence-corrected chi connectivity index (χ1v) is 7.19. The molecule has 0 unspecified atom stereocenters. The first-order valence-electron chi connectivity index (χ1n) is 7.19. The molecule has 0 saturated heterocycles. The van der Waals surface area contributed by atoms with Crippen LogP contribution in [0.25, 0.3) is 0 Å². The molecule has 0 fully saturated rings. The van der Waals surface area contributed by atoms with Gasteiger partial charge in [-0.3, -0.25) is 0 Å². The highest BCUT2D eigenvalue weighted by Gasteiger charge is 2.33. The minimum absolute atomic E-state index is 0.421. The molecule has 0 aliphatic carbocycles. The molecule has 2 aromatic rings. The lowest BCUT2D eigenvalue weighted by molar-refractivity contribution is 0.141. The van der Waals surface area contributed by atoms with E-state index in [2.05, 4.69) is 5.92 Å². The molecular formula is C19H20O5. The Morgan fingerprint density at radius 1 is 0.833 bits per heavy atom. The summed E-state index contributed by atoms with van der Waals surface area (Å²) in [6, 6.07) is 10.1. The summed E-state index contributed by atoms with van der Waals surface area (Å²) in [6.07, 6.45) is 5.67. The van der Waals surface area contributed by atoms with E-state index in [4.69, 9.17) is 25.4 Å². The van der Waals surface area contributed by atoms with Crippen molar-refractivity contribution in [2.45, 2.75) is 5.60 Å². The van der Waals surface area contributed by atoms with Crippen molar-refractivity contribution >= 4 is 0 Å². The zero-order valence-electron chi connectivity index (χ0n) is 14.1. The maximum Gasteiger partial charge on any atom is 0.180 e. The van der Waals surface area contributed by atoms with E-state index in [1.165, 1.54) is 21.3 Å². The van der Waals surface area contributed by atoms with Crippen LogP contribution in [0, 0.1) is 12.3 Å². The predicted molar refractivity (Wildman–Crippen MR) is 90.9 cm³/mol. The Morgan fingerprint density at radius 2 is 1.50 bits per heavy atom. The monoisotopic (exact) mass is 328 g/mol. The Labute approximate surface area is 141 Å². The smallest absolute Gasteiger partial charge is 0.180 e. The highest BCUT2D eigenvalue weighted by molar-refractivity contribution is 5.55. The van der Waals surface area contributed by atoms with Crippen LogP contribution in [0.15, 0.2) is 36.4 Å². The molecule has 126 valence electrons. The second kappa shape index (κ2) is 7.16. The third-order valence-electron chi connectivity index (χ3n) is 3.81. The first kappa shape index (κ1) is 17.5. The van der Waals surface area contributed by atoms with Crippen LogP contribution in [0.1, 0.15) is 11.1 Å². The van der Waals surface area contributed by atoms with E-state index >= 15 is 0 Å². The van der Waals surface area contributed by atoms with Gasteiger partial charge in [-0.15, -0.1) is 6.42 Å². The normalized spacial score (nSPS) is 12.7. The van der Waals surface area contributed by atoms with Crippen LogP contribution in [0.4, 0.5) is 0 Å². The molecule has 5 nitrogen and oxygen atoms in total. The van der Waals surface area contributed by atoms with Gasteiger partial charge in [0.1, 0.15) is 11.5 Å². The number of methoxy groups -OCH3 is 4. The molecule has 2 aromatic carbocycles. The number of benzene rings is 2. The third kappa shape index (κ3) is 2.97. The van der Waals surface area contributed by atoms with Crippen molar-refractivity contribution in [2.24, 2.45) is 0 Å². The number of aliphatic hydroxyl groups is 1. The second-order valence-electron chi connectivity index (χ2n) is 4.99. The van der Waals surface area contributed by atoms with E-state index in [0.717, 1.165) is 0 Å². The van der Waals surface area contributed by atoms with E-state index in [1.807, 2.05) is 0 Å². The average molecular weight is 328 g/mol.